The topological polar surface area (TPSA) is 26.3 Å². The number of hydrogen-bond acceptors (Lipinski definition) is 2. The molecule has 2 aromatic carbocycles. The van der Waals surface area contributed by atoms with E-state index in [1.54, 1.807) is 12.1 Å². The molecule has 0 aliphatic heterocycles. The second-order valence-electron chi connectivity index (χ2n) is 4.58. The minimum absolute atomic E-state index is 0.297. The van der Waals surface area contributed by atoms with Crippen LogP contribution in [0.1, 0.15) is 21.5 Å². The van der Waals surface area contributed by atoms with Gasteiger partial charge in [-0.25, -0.2) is 8.78 Å². The lowest BCUT2D eigenvalue weighted by atomic mass is 10.1. The van der Waals surface area contributed by atoms with Crippen LogP contribution < -0.4 is 4.74 Å². The molecule has 2 aromatic rings. The fourth-order valence-electron chi connectivity index (χ4n) is 1.74. The Morgan fingerprint density at radius 2 is 1.80 bits per heavy atom. The number of aryl methyl sites for hydroxylation is 2. The number of carbonyl (C=O) groups is 1. The van der Waals surface area contributed by atoms with Crippen LogP contribution in [-0.2, 0) is 0 Å². The Hall–Kier alpha value is -2.23. The first-order valence-corrected chi connectivity index (χ1v) is 6.15. The lowest BCUT2D eigenvalue weighted by Gasteiger charge is -2.08. The normalized spacial score (nSPS) is 10.4. The molecule has 0 saturated carbocycles. The van der Waals surface area contributed by atoms with Crippen LogP contribution in [0.4, 0.5) is 8.78 Å². The van der Waals surface area contributed by atoms with E-state index in [0.717, 1.165) is 29.3 Å². The van der Waals surface area contributed by atoms with Crippen molar-refractivity contribution < 1.29 is 18.3 Å². The number of Topliss-reactive ketones (excluding diaryl/α,β-unsaturated/α-hetero) is 1. The second-order valence-corrected chi connectivity index (χ2v) is 4.58. The summed E-state index contributed by atoms with van der Waals surface area (Å²) in [5, 5.41) is 0. The third-order valence-corrected chi connectivity index (χ3v) is 3.08. The lowest BCUT2D eigenvalue weighted by molar-refractivity contribution is 0.0917. The minimum Gasteiger partial charge on any atom is -0.485 e. The van der Waals surface area contributed by atoms with Gasteiger partial charge in [0.25, 0.3) is 0 Å². The van der Waals surface area contributed by atoms with Crippen LogP contribution >= 0.6 is 0 Å². The SMILES string of the molecule is Cc1ccc(OCC(=O)c2cc(F)ccc2F)cc1C. The lowest BCUT2D eigenvalue weighted by Crippen LogP contribution is -2.13. The summed E-state index contributed by atoms with van der Waals surface area (Å²) in [6, 6.07) is 8.18. The molecule has 0 saturated heterocycles. The summed E-state index contributed by atoms with van der Waals surface area (Å²) in [7, 11) is 0. The van der Waals surface area contributed by atoms with Gasteiger partial charge in [-0.2, -0.15) is 0 Å². The van der Waals surface area contributed by atoms with Crippen molar-refractivity contribution >= 4 is 5.78 Å². The van der Waals surface area contributed by atoms with Crippen LogP contribution in [0.3, 0.4) is 0 Å². The standard InChI is InChI=1S/C16H14F2O2/c1-10-3-5-13(7-11(10)2)20-9-16(19)14-8-12(17)4-6-15(14)18/h3-8H,9H2,1-2H3. The Kier molecular flexibility index (Phi) is 4.13. The van der Waals surface area contributed by atoms with Gasteiger partial charge in [-0.05, 0) is 55.3 Å². The van der Waals surface area contributed by atoms with Gasteiger partial charge in [0.15, 0.2) is 6.61 Å². The molecule has 0 fully saturated rings. The molecule has 0 aromatic heterocycles. The zero-order chi connectivity index (χ0) is 14.7. The molecule has 0 aliphatic carbocycles. The summed E-state index contributed by atoms with van der Waals surface area (Å²) in [6.45, 7) is 3.56. The molecule has 0 spiro atoms. The summed E-state index contributed by atoms with van der Waals surface area (Å²) in [5.41, 5.74) is 1.85. The molecule has 2 nitrogen and oxygen atoms in total. The fourth-order valence-corrected chi connectivity index (χ4v) is 1.74. The zero-order valence-electron chi connectivity index (χ0n) is 11.2. The molecular formula is C16H14F2O2. The maximum atomic E-state index is 13.4. The highest BCUT2D eigenvalue weighted by Gasteiger charge is 2.13. The Morgan fingerprint density at radius 3 is 2.50 bits per heavy atom. The Balaban J connectivity index is 2.08. The van der Waals surface area contributed by atoms with E-state index in [4.69, 9.17) is 4.74 Å². The third-order valence-electron chi connectivity index (χ3n) is 3.08. The van der Waals surface area contributed by atoms with E-state index in [-0.39, 0.29) is 12.2 Å². The number of rotatable bonds is 4. The monoisotopic (exact) mass is 276 g/mol. The molecule has 0 atom stereocenters. The first-order chi connectivity index (χ1) is 9.47. The van der Waals surface area contributed by atoms with Gasteiger partial charge >= 0.3 is 0 Å². The number of halogens is 2. The van der Waals surface area contributed by atoms with Crippen LogP contribution in [-0.4, -0.2) is 12.4 Å². The van der Waals surface area contributed by atoms with E-state index in [0.29, 0.717) is 5.75 Å². The van der Waals surface area contributed by atoms with Crippen LogP contribution in [0.15, 0.2) is 36.4 Å². The quantitative estimate of drug-likeness (QED) is 0.793. The smallest absolute Gasteiger partial charge is 0.203 e. The highest BCUT2D eigenvalue weighted by molar-refractivity contribution is 5.97. The van der Waals surface area contributed by atoms with E-state index in [1.807, 2.05) is 19.9 Å². The van der Waals surface area contributed by atoms with Gasteiger partial charge in [-0.15, -0.1) is 0 Å². The van der Waals surface area contributed by atoms with Gasteiger partial charge in [0, 0.05) is 0 Å². The number of ketones is 1. The van der Waals surface area contributed by atoms with Crippen LogP contribution in [0.5, 0.6) is 5.75 Å². The maximum absolute atomic E-state index is 13.4. The van der Waals surface area contributed by atoms with Gasteiger partial charge < -0.3 is 4.74 Å². The van der Waals surface area contributed by atoms with E-state index in [1.165, 1.54) is 0 Å². The molecular weight excluding hydrogens is 262 g/mol. The number of ether oxygens (including phenoxy) is 1. The van der Waals surface area contributed by atoms with E-state index >= 15 is 0 Å². The van der Waals surface area contributed by atoms with Crippen molar-refractivity contribution in [2.75, 3.05) is 6.61 Å². The number of benzene rings is 2. The average Bonchev–Trinajstić information content (AvgIpc) is 2.42. The highest BCUT2D eigenvalue weighted by atomic mass is 19.1. The first kappa shape index (κ1) is 14.2. The highest BCUT2D eigenvalue weighted by Crippen LogP contribution is 2.17. The molecule has 0 N–H and O–H groups in total. The summed E-state index contributed by atoms with van der Waals surface area (Å²) in [6.07, 6.45) is 0. The molecule has 0 aliphatic rings. The molecule has 104 valence electrons. The molecule has 4 heteroatoms. The van der Waals surface area contributed by atoms with Crippen molar-refractivity contribution in [2.24, 2.45) is 0 Å². The molecule has 0 radical (unpaired) electrons. The van der Waals surface area contributed by atoms with Gasteiger partial charge in [0.2, 0.25) is 5.78 Å². The van der Waals surface area contributed by atoms with Gasteiger partial charge in [0.1, 0.15) is 17.4 Å². The first-order valence-electron chi connectivity index (χ1n) is 6.15. The molecule has 0 amide bonds. The predicted molar refractivity (Wildman–Crippen MR) is 72.1 cm³/mol. The summed E-state index contributed by atoms with van der Waals surface area (Å²) < 4.78 is 31.7. The Labute approximate surface area is 116 Å². The summed E-state index contributed by atoms with van der Waals surface area (Å²) in [5.74, 6) is -1.47. The minimum atomic E-state index is -0.750. The molecule has 2 rings (SSSR count). The van der Waals surface area contributed by atoms with Gasteiger partial charge in [-0.3, -0.25) is 4.79 Å². The van der Waals surface area contributed by atoms with E-state index in [2.05, 4.69) is 0 Å². The zero-order valence-corrected chi connectivity index (χ0v) is 11.2. The van der Waals surface area contributed by atoms with E-state index in [9.17, 15) is 13.6 Å². The molecule has 0 unspecified atom stereocenters. The summed E-state index contributed by atoms with van der Waals surface area (Å²) >= 11 is 0. The Morgan fingerprint density at radius 1 is 1.05 bits per heavy atom. The third kappa shape index (κ3) is 3.20. The van der Waals surface area contributed by atoms with Crippen LogP contribution in [0, 0.1) is 25.5 Å². The van der Waals surface area contributed by atoms with E-state index < -0.39 is 17.4 Å². The molecule has 0 bridgehead atoms. The van der Waals surface area contributed by atoms with Gasteiger partial charge in [0.05, 0.1) is 5.56 Å². The van der Waals surface area contributed by atoms with Crippen LogP contribution in [0.25, 0.3) is 0 Å². The molecule has 20 heavy (non-hydrogen) atoms. The predicted octanol–water partition coefficient (Wildman–Crippen LogP) is 3.84. The van der Waals surface area contributed by atoms with Crippen molar-refractivity contribution in [3.63, 3.8) is 0 Å². The van der Waals surface area contributed by atoms with Gasteiger partial charge in [-0.1, -0.05) is 6.07 Å². The molecule has 0 heterocycles. The fraction of sp³-hybridized carbons (Fsp3) is 0.188. The Bertz CT molecular complexity index is 651. The number of carbonyl (C=O) groups excluding carboxylic acids is 1. The maximum Gasteiger partial charge on any atom is 0.203 e. The van der Waals surface area contributed by atoms with Crippen molar-refractivity contribution in [3.05, 3.63) is 64.7 Å². The number of hydrogen-bond donors (Lipinski definition) is 0. The van der Waals surface area contributed by atoms with Crippen LogP contribution in [0.2, 0.25) is 0 Å². The van der Waals surface area contributed by atoms with Crippen molar-refractivity contribution in [2.45, 2.75) is 13.8 Å². The van der Waals surface area contributed by atoms with Crippen molar-refractivity contribution in [1.29, 1.82) is 0 Å². The van der Waals surface area contributed by atoms with Crippen molar-refractivity contribution in [3.8, 4) is 5.75 Å². The second kappa shape index (κ2) is 5.82. The average molecular weight is 276 g/mol. The van der Waals surface area contributed by atoms with Crippen molar-refractivity contribution in [1.82, 2.24) is 0 Å². The largest absolute Gasteiger partial charge is 0.485 e. The summed E-state index contributed by atoms with van der Waals surface area (Å²) in [4.78, 5) is 11.8.